The van der Waals surface area contributed by atoms with Crippen LogP contribution in [-0.2, 0) is 6.18 Å². The predicted molar refractivity (Wildman–Crippen MR) is 74.9 cm³/mol. The lowest BCUT2D eigenvalue weighted by Gasteiger charge is -2.16. The zero-order valence-electron chi connectivity index (χ0n) is 11.2. The van der Waals surface area contributed by atoms with E-state index in [0.29, 0.717) is 12.1 Å². The van der Waals surface area contributed by atoms with Crippen molar-refractivity contribution in [2.45, 2.75) is 19.5 Å². The molecule has 1 aliphatic carbocycles. The topological polar surface area (TPSA) is 12.0 Å². The molecule has 1 aliphatic rings. The number of halogens is 3. The SMILES string of the molecule is CCNC(=C1C=CC=CC1)c1cccc(C(F)(F)F)c1. The van der Waals surface area contributed by atoms with Crippen molar-refractivity contribution in [2.24, 2.45) is 0 Å². The van der Waals surface area contributed by atoms with Crippen LogP contribution in [0.2, 0.25) is 0 Å². The third-order valence-corrected chi connectivity index (χ3v) is 3.04. The predicted octanol–water partition coefficient (Wildman–Crippen LogP) is 4.54. The fourth-order valence-corrected chi connectivity index (χ4v) is 2.13. The largest absolute Gasteiger partial charge is 0.416 e. The van der Waals surface area contributed by atoms with Gasteiger partial charge in [0.1, 0.15) is 0 Å². The summed E-state index contributed by atoms with van der Waals surface area (Å²) < 4.78 is 38.4. The highest BCUT2D eigenvalue weighted by Gasteiger charge is 2.30. The van der Waals surface area contributed by atoms with Gasteiger partial charge in [-0.15, -0.1) is 0 Å². The first-order valence-corrected chi connectivity index (χ1v) is 6.50. The van der Waals surface area contributed by atoms with Crippen LogP contribution in [0.5, 0.6) is 0 Å². The second-order valence-corrected chi connectivity index (χ2v) is 4.50. The number of benzene rings is 1. The standard InChI is InChI=1S/C16H16F3N/c1-2-20-15(12-7-4-3-5-8-12)13-9-6-10-14(11-13)16(17,18)19/h3-7,9-11,20H,2,8H2,1H3. The van der Waals surface area contributed by atoms with Gasteiger partial charge in [-0.3, -0.25) is 0 Å². The van der Waals surface area contributed by atoms with Crippen LogP contribution in [0.25, 0.3) is 5.70 Å². The molecule has 106 valence electrons. The first kappa shape index (κ1) is 14.4. The Balaban J connectivity index is 2.45. The molecule has 1 nitrogen and oxygen atoms in total. The summed E-state index contributed by atoms with van der Waals surface area (Å²) in [6.07, 6.45) is 4.14. The van der Waals surface area contributed by atoms with Gasteiger partial charge >= 0.3 is 6.18 Å². The van der Waals surface area contributed by atoms with Crippen molar-refractivity contribution < 1.29 is 13.2 Å². The number of alkyl halides is 3. The fourth-order valence-electron chi connectivity index (χ4n) is 2.13. The van der Waals surface area contributed by atoms with Gasteiger partial charge in [0.25, 0.3) is 0 Å². The highest BCUT2D eigenvalue weighted by atomic mass is 19.4. The maximum atomic E-state index is 12.8. The summed E-state index contributed by atoms with van der Waals surface area (Å²) in [5, 5.41) is 3.17. The summed E-state index contributed by atoms with van der Waals surface area (Å²) in [5.74, 6) is 0. The molecule has 0 unspecified atom stereocenters. The van der Waals surface area contributed by atoms with Crippen LogP contribution >= 0.6 is 0 Å². The number of hydrogen-bond acceptors (Lipinski definition) is 1. The van der Waals surface area contributed by atoms with Crippen molar-refractivity contribution in [3.8, 4) is 0 Å². The zero-order valence-corrected chi connectivity index (χ0v) is 11.2. The molecular formula is C16H16F3N. The Morgan fingerprint density at radius 3 is 2.65 bits per heavy atom. The van der Waals surface area contributed by atoms with E-state index < -0.39 is 11.7 Å². The highest BCUT2D eigenvalue weighted by Crippen LogP contribution is 2.31. The van der Waals surface area contributed by atoms with Crippen LogP contribution < -0.4 is 5.32 Å². The lowest BCUT2D eigenvalue weighted by atomic mass is 9.99. The molecule has 0 saturated carbocycles. The lowest BCUT2D eigenvalue weighted by Crippen LogP contribution is -2.14. The maximum Gasteiger partial charge on any atom is 0.416 e. The second kappa shape index (κ2) is 5.99. The van der Waals surface area contributed by atoms with Crippen LogP contribution in [0, 0.1) is 0 Å². The molecule has 0 amide bonds. The normalized spacial score (nSPS) is 17.2. The molecule has 1 N–H and O–H groups in total. The summed E-state index contributed by atoms with van der Waals surface area (Å²) in [5.41, 5.74) is 1.70. The minimum Gasteiger partial charge on any atom is -0.385 e. The minimum absolute atomic E-state index is 0.566. The van der Waals surface area contributed by atoms with Gasteiger partial charge in [-0.05, 0) is 36.6 Å². The van der Waals surface area contributed by atoms with E-state index in [-0.39, 0.29) is 0 Å². The fraction of sp³-hybridized carbons (Fsp3) is 0.250. The van der Waals surface area contributed by atoms with E-state index in [1.54, 1.807) is 6.07 Å². The Hall–Kier alpha value is -1.97. The van der Waals surface area contributed by atoms with Gasteiger partial charge in [0.15, 0.2) is 0 Å². The van der Waals surface area contributed by atoms with Crippen LogP contribution in [0.3, 0.4) is 0 Å². The number of allylic oxidation sites excluding steroid dienone is 5. The quantitative estimate of drug-likeness (QED) is 0.856. The van der Waals surface area contributed by atoms with Gasteiger partial charge in [-0.25, -0.2) is 0 Å². The smallest absolute Gasteiger partial charge is 0.385 e. The summed E-state index contributed by atoms with van der Waals surface area (Å²) in [6, 6.07) is 5.43. The van der Waals surface area contributed by atoms with Gasteiger partial charge in [0.2, 0.25) is 0 Å². The highest BCUT2D eigenvalue weighted by molar-refractivity contribution is 5.70. The van der Waals surface area contributed by atoms with Gasteiger partial charge < -0.3 is 5.32 Å². The van der Waals surface area contributed by atoms with E-state index in [9.17, 15) is 13.2 Å². The summed E-state index contributed by atoms with van der Waals surface area (Å²) >= 11 is 0. The summed E-state index contributed by atoms with van der Waals surface area (Å²) in [6.45, 7) is 2.59. The third-order valence-electron chi connectivity index (χ3n) is 3.04. The first-order valence-electron chi connectivity index (χ1n) is 6.50. The number of rotatable bonds is 3. The molecule has 0 aliphatic heterocycles. The Morgan fingerprint density at radius 2 is 2.05 bits per heavy atom. The molecule has 20 heavy (non-hydrogen) atoms. The van der Waals surface area contributed by atoms with Crippen molar-refractivity contribution in [3.63, 3.8) is 0 Å². The van der Waals surface area contributed by atoms with E-state index in [0.717, 1.165) is 23.8 Å². The minimum atomic E-state index is -4.32. The van der Waals surface area contributed by atoms with E-state index in [4.69, 9.17) is 0 Å². The zero-order chi connectivity index (χ0) is 14.6. The van der Waals surface area contributed by atoms with Crippen molar-refractivity contribution >= 4 is 5.70 Å². The Bertz CT molecular complexity index is 565. The van der Waals surface area contributed by atoms with Crippen LogP contribution in [0.1, 0.15) is 24.5 Å². The Kier molecular flexibility index (Phi) is 4.32. The molecule has 0 spiro atoms. The molecule has 0 heterocycles. The van der Waals surface area contributed by atoms with Crippen molar-refractivity contribution in [1.29, 1.82) is 0 Å². The molecule has 1 aromatic carbocycles. The van der Waals surface area contributed by atoms with Gasteiger partial charge in [-0.1, -0.05) is 36.4 Å². The van der Waals surface area contributed by atoms with Crippen LogP contribution in [0.15, 0.2) is 54.1 Å². The van der Waals surface area contributed by atoms with Gasteiger partial charge in [0.05, 0.1) is 5.56 Å². The Morgan fingerprint density at radius 1 is 1.25 bits per heavy atom. The molecule has 2 rings (SSSR count). The van der Waals surface area contributed by atoms with Crippen molar-refractivity contribution in [1.82, 2.24) is 5.32 Å². The van der Waals surface area contributed by atoms with Crippen LogP contribution in [-0.4, -0.2) is 6.54 Å². The average molecular weight is 279 g/mol. The monoisotopic (exact) mass is 279 g/mol. The van der Waals surface area contributed by atoms with E-state index in [1.807, 2.05) is 31.2 Å². The van der Waals surface area contributed by atoms with E-state index in [2.05, 4.69) is 5.32 Å². The Labute approximate surface area is 116 Å². The molecule has 4 heteroatoms. The second-order valence-electron chi connectivity index (χ2n) is 4.50. The number of nitrogens with one attached hydrogen (secondary N) is 1. The summed E-state index contributed by atoms with van der Waals surface area (Å²) in [4.78, 5) is 0. The molecule has 0 aromatic heterocycles. The molecule has 0 bridgehead atoms. The third kappa shape index (κ3) is 3.32. The van der Waals surface area contributed by atoms with E-state index >= 15 is 0 Å². The van der Waals surface area contributed by atoms with E-state index in [1.165, 1.54) is 12.1 Å². The molecular weight excluding hydrogens is 263 g/mol. The molecule has 0 atom stereocenters. The molecule has 1 aromatic rings. The average Bonchev–Trinajstić information content (AvgIpc) is 2.45. The van der Waals surface area contributed by atoms with Gasteiger partial charge in [0, 0.05) is 12.2 Å². The van der Waals surface area contributed by atoms with Crippen LogP contribution in [0.4, 0.5) is 13.2 Å². The molecule has 0 radical (unpaired) electrons. The summed E-state index contributed by atoms with van der Waals surface area (Å²) in [7, 11) is 0. The van der Waals surface area contributed by atoms with Crippen molar-refractivity contribution in [3.05, 3.63) is 65.3 Å². The van der Waals surface area contributed by atoms with Gasteiger partial charge in [-0.2, -0.15) is 13.2 Å². The molecule has 0 fully saturated rings. The first-order chi connectivity index (χ1) is 9.52. The molecule has 0 saturated heterocycles. The van der Waals surface area contributed by atoms with Crippen molar-refractivity contribution in [2.75, 3.05) is 6.54 Å². The number of hydrogen-bond donors (Lipinski definition) is 1. The maximum absolute atomic E-state index is 12.8. The lowest BCUT2D eigenvalue weighted by molar-refractivity contribution is -0.137.